The summed E-state index contributed by atoms with van der Waals surface area (Å²) in [5.41, 5.74) is 2.71. The topological polar surface area (TPSA) is 129 Å². The van der Waals surface area contributed by atoms with Crippen LogP contribution in [0.15, 0.2) is 29.8 Å². The number of aliphatic hydroxyl groups is 1. The molecule has 1 aliphatic heterocycles. The number of ketones is 1. The van der Waals surface area contributed by atoms with Crippen molar-refractivity contribution in [3.63, 3.8) is 0 Å². The average Bonchev–Trinajstić information content (AvgIpc) is 3.34. The molecule has 1 aromatic heterocycles. The second kappa shape index (κ2) is 11.1. The first-order chi connectivity index (χ1) is 18.6. The van der Waals surface area contributed by atoms with Gasteiger partial charge in [-0.3, -0.25) is 19.2 Å². The van der Waals surface area contributed by atoms with Crippen molar-refractivity contribution in [2.45, 2.75) is 82.3 Å². The number of thiazole rings is 1. The minimum Gasteiger partial charge on any atom is -0.391 e. The van der Waals surface area contributed by atoms with Gasteiger partial charge in [0.1, 0.15) is 17.9 Å². The molecule has 2 aromatic rings. The van der Waals surface area contributed by atoms with Crippen LogP contribution in [-0.4, -0.2) is 68.9 Å². The van der Waals surface area contributed by atoms with E-state index in [0.717, 1.165) is 21.7 Å². The Morgan fingerprint density at radius 3 is 2.51 bits per heavy atom. The number of aliphatic hydroxyl groups excluding tert-OH is 1. The van der Waals surface area contributed by atoms with E-state index >= 15 is 0 Å². The van der Waals surface area contributed by atoms with Crippen LogP contribution in [0.1, 0.15) is 56.2 Å². The number of aromatic nitrogens is 1. The highest BCUT2D eigenvalue weighted by Gasteiger charge is 2.53. The molecule has 2 aliphatic carbocycles. The van der Waals surface area contributed by atoms with E-state index in [4.69, 9.17) is 0 Å². The van der Waals surface area contributed by atoms with Crippen molar-refractivity contribution in [1.82, 2.24) is 20.5 Å². The van der Waals surface area contributed by atoms with E-state index in [2.05, 4.69) is 15.6 Å². The number of Topliss-reactive ketones (excluding diaryl/α,β-unsaturated/α-hetero) is 1. The molecular weight excluding hydrogens is 523 g/mol. The number of β-amino-alcohol motifs (C(OH)–C–C–N with tert-alkyl or cyclic N) is 1. The lowest BCUT2D eigenvalue weighted by Crippen LogP contribution is -2.57. The fraction of sp³-hybridized carbons (Fsp3) is 0.536. The van der Waals surface area contributed by atoms with Gasteiger partial charge in [0.15, 0.2) is 5.67 Å². The lowest BCUT2D eigenvalue weighted by molar-refractivity contribution is -0.144. The maximum Gasteiger partial charge on any atom is 0.258 e. The van der Waals surface area contributed by atoms with E-state index in [1.807, 2.05) is 31.2 Å². The van der Waals surface area contributed by atoms with Gasteiger partial charge in [-0.25, -0.2) is 9.37 Å². The normalized spacial score (nSPS) is 23.4. The van der Waals surface area contributed by atoms with Crippen molar-refractivity contribution in [2.75, 3.05) is 6.54 Å². The van der Waals surface area contributed by atoms with Crippen LogP contribution in [0.25, 0.3) is 10.4 Å². The van der Waals surface area contributed by atoms with E-state index < -0.39 is 41.6 Å². The van der Waals surface area contributed by atoms with Crippen LogP contribution in [0.3, 0.4) is 0 Å². The van der Waals surface area contributed by atoms with Crippen LogP contribution in [0.4, 0.5) is 4.39 Å². The SMILES string of the molecule is Cc1ncsc1-c1ccc(CNC(=O)[C@@H]2C[C@@H](O)CN2C(=O)C(NC(=O)C2(F)CC2)C2CCC(=O)CC2)cc1. The lowest BCUT2D eigenvalue weighted by atomic mass is 9.82. The van der Waals surface area contributed by atoms with E-state index in [-0.39, 0.29) is 44.1 Å². The van der Waals surface area contributed by atoms with Gasteiger partial charge in [0.2, 0.25) is 11.8 Å². The van der Waals surface area contributed by atoms with Gasteiger partial charge in [0, 0.05) is 32.4 Å². The molecule has 5 rings (SSSR count). The fourth-order valence-electron chi connectivity index (χ4n) is 5.43. The Hall–Kier alpha value is -3.18. The minimum atomic E-state index is -1.96. The Morgan fingerprint density at radius 2 is 1.90 bits per heavy atom. The van der Waals surface area contributed by atoms with Gasteiger partial charge >= 0.3 is 0 Å². The molecule has 11 heteroatoms. The maximum absolute atomic E-state index is 14.5. The Labute approximate surface area is 230 Å². The number of aryl methyl sites for hydroxylation is 1. The van der Waals surface area contributed by atoms with Crippen LogP contribution in [0, 0.1) is 12.8 Å². The summed E-state index contributed by atoms with van der Waals surface area (Å²) in [7, 11) is 0. The second-order valence-corrected chi connectivity index (χ2v) is 11.7. The number of hydrogen-bond donors (Lipinski definition) is 3. The van der Waals surface area contributed by atoms with Crippen LogP contribution in [-0.2, 0) is 25.7 Å². The Bertz CT molecular complexity index is 1250. The highest BCUT2D eigenvalue weighted by Crippen LogP contribution is 2.40. The van der Waals surface area contributed by atoms with Crippen molar-refractivity contribution >= 4 is 34.8 Å². The number of nitrogens with one attached hydrogen (secondary N) is 2. The molecule has 39 heavy (non-hydrogen) atoms. The van der Waals surface area contributed by atoms with Crippen LogP contribution >= 0.6 is 11.3 Å². The van der Waals surface area contributed by atoms with Gasteiger partial charge in [0.05, 0.1) is 22.2 Å². The third-order valence-electron chi connectivity index (χ3n) is 8.00. The summed E-state index contributed by atoms with van der Waals surface area (Å²) in [4.78, 5) is 57.9. The molecule has 208 valence electrons. The van der Waals surface area contributed by atoms with Crippen LogP contribution in [0.5, 0.6) is 0 Å². The summed E-state index contributed by atoms with van der Waals surface area (Å²) in [6.07, 6.45) is 0.781. The fourth-order valence-corrected chi connectivity index (χ4v) is 6.24. The van der Waals surface area contributed by atoms with Gasteiger partial charge in [-0.05, 0) is 49.7 Å². The number of carbonyl (C=O) groups is 4. The van der Waals surface area contributed by atoms with Crippen molar-refractivity contribution in [2.24, 2.45) is 5.92 Å². The van der Waals surface area contributed by atoms with Crippen molar-refractivity contribution < 1.29 is 28.7 Å². The van der Waals surface area contributed by atoms with Gasteiger partial charge in [-0.1, -0.05) is 24.3 Å². The number of alkyl halides is 1. The quantitative estimate of drug-likeness (QED) is 0.458. The number of likely N-dealkylation sites (tertiary alicyclic amines) is 1. The van der Waals surface area contributed by atoms with Gasteiger partial charge in [-0.15, -0.1) is 11.3 Å². The average molecular weight is 557 g/mol. The molecule has 1 saturated heterocycles. The molecule has 3 atom stereocenters. The summed E-state index contributed by atoms with van der Waals surface area (Å²) in [5.74, 6) is -2.00. The zero-order valence-corrected chi connectivity index (χ0v) is 22.6. The monoisotopic (exact) mass is 556 g/mol. The molecule has 9 nitrogen and oxygen atoms in total. The van der Waals surface area contributed by atoms with Crippen molar-refractivity contribution in [3.8, 4) is 10.4 Å². The highest BCUT2D eigenvalue weighted by molar-refractivity contribution is 7.13. The summed E-state index contributed by atoms with van der Waals surface area (Å²) in [6, 6.07) is 5.80. The smallest absolute Gasteiger partial charge is 0.258 e. The molecule has 2 heterocycles. The number of hydrogen-bond acceptors (Lipinski definition) is 7. The van der Waals surface area contributed by atoms with E-state index in [0.29, 0.717) is 25.7 Å². The zero-order valence-electron chi connectivity index (χ0n) is 21.8. The van der Waals surface area contributed by atoms with Gasteiger partial charge < -0.3 is 20.6 Å². The number of benzene rings is 1. The van der Waals surface area contributed by atoms with Crippen molar-refractivity contribution in [3.05, 3.63) is 41.0 Å². The molecule has 1 unspecified atom stereocenters. The first-order valence-corrected chi connectivity index (χ1v) is 14.3. The number of rotatable bonds is 8. The van der Waals surface area contributed by atoms with Crippen LogP contribution in [0.2, 0.25) is 0 Å². The standard InChI is InChI=1S/C28H33FN4O5S/c1-16-24(39-15-31-16)19-4-2-17(3-5-19)13-30-25(36)22-12-21(35)14-33(22)26(37)23(18-6-8-20(34)9-7-18)32-27(38)28(29)10-11-28/h2-5,15,18,21-23,35H,6-14H2,1H3,(H,30,36)(H,32,38)/t21-,22+,23?/m1/s1. The molecule has 3 amide bonds. The number of amides is 3. The zero-order chi connectivity index (χ0) is 27.7. The third kappa shape index (κ3) is 6.04. The van der Waals surface area contributed by atoms with Gasteiger partial charge in [-0.2, -0.15) is 0 Å². The maximum atomic E-state index is 14.5. The van der Waals surface area contributed by atoms with Crippen molar-refractivity contribution in [1.29, 1.82) is 0 Å². The summed E-state index contributed by atoms with van der Waals surface area (Å²) in [6.45, 7) is 2.14. The summed E-state index contributed by atoms with van der Waals surface area (Å²) >= 11 is 1.56. The molecule has 0 radical (unpaired) electrons. The second-order valence-electron chi connectivity index (χ2n) is 10.9. The number of nitrogens with zero attached hydrogens (tertiary/aromatic N) is 2. The molecule has 2 saturated carbocycles. The predicted octanol–water partition coefficient (Wildman–Crippen LogP) is 2.44. The molecular formula is C28H33FN4O5S. The minimum absolute atomic E-state index is 0.0569. The molecule has 3 aliphatic rings. The van der Waals surface area contributed by atoms with E-state index in [1.165, 1.54) is 4.90 Å². The van der Waals surface area contributed by atoms with Crippen LogP contribution < -0.4 is 10.6 Å². The number of halogens is 1. The Kier molecular flexibility index (Phi) is 7.82. The molecule has 0 bridgehead atoms. The molecule has 3 fully saturated rings. The first-order valence-electron chi connectivity index (χ1n) is 13.4. The highest BCUT2D eigenvalue weighted by atomic mass is 32.1. The molecule has 1 aromatic carbocycles. The molecule has 0 spiro atoms. The number of carbonyl (C=O) groups excluding carboxylic acids is 4. The predicted molar refractivity (Wildman–Crippen MR) is 142 cm³/mol. The van der Waals surface area contributed by atoms with E-state index in [1.54, 1.807) is 16.8 Å². The summed E-state index contributed by atoms with van der Waals surface area (Å²) in [5, 5.41) is 15.8. The first kappa shape index (κ1) is 27.4. The third-order valence-corrected chi connectivity index (χ3v) is 8.98. The van der Waals surface area contributed by atoms with E-state index in [9.17, 15) is 28.7 Å². The summed E-state index contributed by atoms with van der Waals surface area (Å²) < 4.78 is 14.5. The Balaban J connectivity index is 1.26. The lowest BCUT2D eigenvalue weighted by Gasteiger charge is -2.34. The largest absolute Gasteiger partial charge is 0.391 e. The molecule has 3 N–H and O–H groups in total. The van der Waals surface area contributed by atoms with Gasteiger partial charge in [0.25, 0.3) is 5.91 Å². The Morgan fingerprint density at radius 1 is 1.21 bits per heavy atom.